The van der Waals surface area contributed by atoms with Crippen LogP contribution >= 0.6 is 0 Å². The number of rotatable bonds is 3. The van der Waals surface area contributed by atoms with Crippen LogP contribution in [0, 0.1) is 5.82 Å². The predicted molar refractivity (Wildman–Crippen MR) is 82.9 cm³/mol. The molecule has 0 aliphatic carbocycles. The molecule has 2 atom stereocenters. The SMILES string of the molecule is CS(=O)(=O)N1CCO[C@@H](c2nnc([C@H]3Cc4cccc(F)c4O3)o2)C1. The molecule has 0 amide bonds. The van der Waals surface area contributed by atoms with E-state index in [0.29, 0.717) is 6.42 Å². The Morgan fingerprint density at radius 2 is 2.00 bits per heavy atom. The molecule has 25 heavy (non-hydrogen) atoms. The molecule has 10 heteroatoms. The van der Waals surface area contributed by atoms with E-state index in [-0.39, 0.29) is 37.2 Å². The van der Waals surface area contributed by atoms with E-state index < -0.39 is 28.0 Å². The maximum Gasteiger partial charge on any atom is 0.257 e. The van der Waals surface area contributed by atoms with Crippen molar-refractivity contribution in [2.24, 2.45) is 0 Å². The molecule has 8 nitrogen and oxygen atoms in total. The van der Waals surface area contributed by atoms with Gasteiger partial charge in [0.2, 0.25) is 15.9 Å². The number of ether oxygens (including phenoxy) is 2. The lowest BCUT2D eigenvalue weighted by Crippen LogP contribution is -2.41. The predicted octanol–water partition coefficient (Wildman–Crippen LogP) is 1.22. The third-order valence-electron chi connectivity index (χ3n) is 4.22. The fraction of sp³-hybridized carbons (Fsp3) is 0.467. The summed E-state index contributed by atoms with van der Waals surface area (Å²) in [6, 6.07) is 4.73. The molecule has 2 aromatic rings. The van der Waals surface area contributed by atoms with Crippen LogP contribution in [0.1, 0.15) is 29.6 Å². The molecule has 0 bridgehead atoms. The second kappa shape index (κ2) is 6.04. The molecule has 4 rings (SSSR count). The van der Waals surface area contributed by atoms with Crippen molar-refractivity contribution in [3.63, 3.8) is 0 Å². The maximum absolute atomic E-state index is 13.8. The minimum absolute atomic E-state index is 0.112. The Labute approximate surface area is 143 Å². The van der Waals surface area contributed by atoms with Crippen LogP contribution in [0.5, 0.6) is 5.75 Å². The van der Waals surface area contributed by atoms with Gasteiger partial charge in [-0.1, -0.05) is 12.1 Å². The first-order chi connectivity index (χ1) is 11.9. The summed E-state index contributed by atoms with van der Waals surface area (Å²) in [6.07, 6.45) is 0.371. The number of sulfonamides is 1. The molecular weight excluding hydrogens is 353 g/mol. The van der Waals surface area contributed by atoms with Gasteiger partial charge in [-0.2, -0.15) is 4.31 Å². The van der Waals surface area contributed by atoms with Gasteiger partial charge in [-0.3, -0.25) is 0 Å². The van der Waals surface area contributed by atoms with Crippen molar-refractivity contribution >= 4 is 10.0 Å². The Balaban J connectivity index is 1.51. The highest BCUT2D eigenvalue weighted by molar-refractivity contribution is 7.88. The molecule has 134 valence electrons. The number of hydrogen-bond donors (Lipinski definition) is 0. The van der Waals surface area contributed by atoms with Crippen LogP contribution in [0.4, 0.5) is 4.39 Å². The molecule has 0 spiro atoms. The van der Waals surface area contributed by atoms with Gasteiger partial charge in [0.15, 0.2) is 17.7 Å². The first kappa shape index (κ1) is 16.4. The number of halogens is 1. The molecule has 0 unspecified atom stereocenters. The highest BCUT2D eigenvalue weighted by Crippen LogP contribution is 2.38. The van der Waals surface area contributed by atoms with Gasteiger partial charge in [0.1, 0.15) is 6.10 Å². The summed E-state index contributed by atoms with van der Waals surface area (Å²) in [5.41, 5.74) is 0.738. The van der Waals surface area contributed by atoms with Crippen LogP contribution in [0.25, 0.3) is 0 Å². The van der Waals surface area contributed by atoms with E-state index in [0.717, 1.165) is 11.8 Å². The minimum atomic E-state index is -3.32. The van der Waals surface area contributed by atoms with E-state index >= 15 is 0 Å². The van der Waals surface area contributed by atoms with Crippen LogP contribution < -0.4 is 4.74 Å². The number of aromatic nitrogens is 2. The zero-order chi connectivity index (χ0) is 17.6. The molecular formula is C15H16FN3O5S. The normalized spacial score (nSPS) is 24.1. The van der Waals surface area contributed by atoms with Crippen molar-refractivity contribution in [1.29, 1.82) is 0 Å². The van der Waals surface area contributed by atoms with E-state index in [1.807, 2.05) is 0 Å². The highest BCUT2D eigenvalue weighted by atomic mass is 32.2. The number of benzene rings is 1. The van der Waals surface area contributed by atoms with Crippen molar-refractivity contribution in [3.05, 3.63) is 41.4 Å². The minimum Gasteiger partial charge on any atom is -0.477 e. The molecule has 3 heterocycles. The van der Waals surface area contributed by atoms with Gasteiger partial charge in [-0.25, -0.2) is 12.8 Å². The highest BCUT2D eigenvalue weighted by Gasteiger charge is 2.34. The Morgan fingerprint density at radius 3 is 2.72 bits per heavy atom. The number of fused-ring (bicyclic) bond motifs is 1. The van der Waals surface area contributed by atoms with Gasteiger partial charge in [0.25, 0.3) is 5.89 Å². The third-order valence-corrected chi connectivity index (χ3v) is 5.49. The number of para-hydroxylation sites is 1. The van der Waals surface area contributed by atoms with Gasteiger partial charge in [0, 0.05) is 25.1 Å². The molecule has 1 saturated heterocycles. The zero-order valence-electron chi connectivity index (χ0n) is 13.4. The van der Waals surface area contributed by atoms with Crippen LogP contribution in [0.15, 0.2) is 22.6 Å². The zero-order valence-corrected chi connectivity index (χ0v) is 14.2. The average Bonchev–Trinajstić information content (AvgIpc) is 3.21. The molecule has 1 aromatic heterocycles. The second-order valence-corrected chi connectivity index (χ2v) is 7.98. The molecule has 0 radical (unpaired) electrons. The summed E-state index contributed by atoms with van der Waals surface area (Å²) in [5.74, 6) is 0.164. The van der Waals surface area contributed by atoms with Crippen LogP contribution in [0.2, 0.25) is 0 Å². The van der Waals surface area contributed by atoms with Crippen molar-refractivity contribution in [2.45, 2.75) is 18.6 Å². The van der Waals surface area contributed by atoms with Crippen LogP contribution in [-0.4, -0.2) is 48.9 Å². The Hall–Kier alpha value is -2.04. The summed E-state index contributed by atoms with van der Waals surface area (Å²) in [5, 5.41) is 7.91. The van der Waals surface area contributed by atoms with E-state index in [4.69, 9.17) is 13.9 Å². The summed E-state index contributed by atoms with van der Waals surface area (Å²) in [4.78, 5) is 0. The summed E-state index contributed by atoms with van der Waals surface area (Å²) in [6.45, 7) is 0.642. The van der Waals surface area contributed by atoms with Crippen LogP contribution in [-0.2, 0) is 21.2 Å². The smallest absolute Gasteiger partial charge is 0.257 e. The van der Waals surface area contributed by atoms with Gasteiger partial charge in [-0.15, -0.1) is 10.2 Å². The largest absolute Gasteiger partial charge is 0.477 e. The topological polar surface area (TPSA) is 94.8 Å². The third kappa shape index (κ3) is 3.12. The Morgan fingerprint density at radius 1 is 1.24 bits per heavy atom. The van der Waals surface area contributed by atoms with Crippen molar-refractivity contribution in [1.82, 2.24) is 14.5 Å². The summed E-state index contributed by atoms with van der Waals surface area (Å²) < 4.78 is 55.2. The molecule has 2 aliphatic rings. The lowest BCUT2D eigenvalue weighted by Gasteiger charge is -2.29. The number of hydrogen-bond acceptors (Lipinski definition) is 7. The van der Waals surface area contributed by atoms with Crippen molar-refractivity contribution in [3.8, 4) is 5.75 Å². The van der Waals surface area contributed by atoms with Crippen LogP contribution in [0.3, 0.4) is 0 Å². The quantitative estimate of drug-likeness (QED) is 0.803. The Kier molecular flexibility index (Phi) is 3.97. The van der Waals surface area contributed by atoms with Gasteiger partial charge >= 0.3 is 0 Å². The lowest BCUT2D eigenvalue weighted by molar-refractivity contribution is -0.0184. The standard InChI is InChI=1S/C15H16FN3O5S/c1-25(20,21)19-5-6-22-12(8-19)15-18-17-14(24-15)11-7-9-3-2-4-10(16)13(9)23-11/h2-4,11-12H,5-8H2,1H3/t11-,12-/m1/s1. The van der Waals surface area contributed by atoms with Gasteiger partial charge < -0.3 is 13.9 Å². The Bertz CT molecular complexity index is 900. The van der Waals surface area contributed by atoms with E-state index in [9.17, 15) is 12.8 Å². The monoisotopic (exact) mass is 369 g/mol. The molecule has 0 N–H and O–H groups in total. The molecule has 1 aromatic carbocycles. The fourth-order valence-corrected chi connectivity index (χ4v) is 3.76. The van der Waals surface area contributed by atoms with E-state index in [1.54, 1.807) is 12.1 Å². The first-order valence-corrected chi connectivity index (χ1v) is 9.60. The van der Waals surface area contributed by atoms with E-state index in [1.165, 1.54) is 10.4 Å². The van der Waals surface area contributed by atoms with Gasteiger partial charge in [-0.05, 0) is 6.07 Å². The average molecular weight is 369 g/mol. The summed E-state index contributed by atoms with van der Waals surface area (Å²) in [7, 11) is -3.32. The van der Waals surface area contributed by atoms with Crippen molar-refractivity contribution in [2.75, 3.05) is 26.0 Å². The van der Waals surface area contributed by atoms with Gasteiger partial charge in [0.05, 0.1) is 12.9 Å². The second-order valence-electron chi connectivity index (χ2n) is 6.00. The fourth-order valence-electron chi connectivity index (χ4n) is 2.95. The van der Waals surface area contributed by atoms with E-state index in [2.05, 4.69) is 10.2 Å². The molecule has 2 aliphatic heterocycles. The number of nitrogens with zero attached hydrogens (tertiary/aromatic N) is 3. The summed E-state index contributed by atoms with van der Waals surface area (Å²) >= 11 is 0. The first-order valence-electron chi connectivity index (χ1n) is 7.76. The van der Waals surface area contributed by atoms with Crippen molar-refractivity contribution < 1.29 is 26.7 Å². The maximum atomic E-state index is 13.8. The molecule has 0 saturated carbocycles. The number of morpholine rings is 1. The lowest BCUT2D eigenvalue weighted by atomic mass is 10.1. The molecule has 1 fully saturated rings.